The molecule has 0 aliphatic heterocycles. The molecular formula is C16H20N2O2S. The third kappa shape index (κ3) is 4.49. The molecule has 0 aliphatic carbocycles. The summed E-state index contributed by atoms with van der Waals surface area (Å²) in [4.78, 5) is 1.93. The van der Waals surface area contributed by atoms with E-state index in [1.54, 1.807) is 0 Å². The number of anilines is 1. The maximum Gasteiger partial charge on any atom is 0.173 e. The zero-order valence-electron chi connectivity index (χ0n) is 12.6. The first-order valence-corrected chi connectivity index (χ1v) is 7.29. The Hall–Kier alpha value is -2.01. The zero-order valence-corrected chi connectivity index (χ0v) is 13.4. The average molecular weight is 304 g/mol. The van der Waals surface area contributed by atoms with E-state index in [9.17, 15) is 0 Å². The third-order valence-electron chi connectivity index (χ3n) is 2.95. The van der Waals surface area contributed by atoms with Gasteiger partial charge in [0.15, 0.2) is 5.11 Å². The molecular weight excluding hydrogens is 284 g/mol. The fourth-order valence-electron chi connectivity index (χ4n) is 1.90. The topological polar surface area (TPSA) is 37.6 Å². The highest BCUT2D eigenvalue weighted by molar-refractivity contribution is 7.80. The van der Waals surface area contributed by atoms with Crippen molar-refractivity contribution in [2.24, 2.45) is 0 Å². The van der Waals surface area contributed by atoms with E-state index in [4.69, 9.17) is 21.4 Å². The number of aryl methyl sites for hydroxylation is 1. The fourth-order valence-corrected chi connectivity index (χ4v) is 2.08. The molecule has 21 heavy (non-hydrogen) atoms. The minimum Gasteiger partial charge on any atom is -0.494 e. The van der Waals surface area contributed by atoms with Crippen LogP contribution >= 0.6 is 12.2 Å². The molecule has 0 unspecified atom stereocenters. The Morgan fingerprint density at radius 1 is 1.24 bits per heavy atom. The van der Waals surface area contributed by atoms with Crippen LogP contribution in [0.25, 0.3) is 0 Å². The molecule has 0 bridgehead atoms. The summed E-state index contributed by atoms with van der Waals surface area (Å²) >= 11 is 5.39. The molecule has 0 amide bonds. The molecule has 0 aliphatic rings. The summed E-state index contributed by atoms with van der Waals surface area (Å²) < 4.78 is 11.0. The lowest BCUT2D eigenvalue weighted by Crippen LogP contribution is -2.30. The van der Waals surface area contributed by atoms with Gasteiger partial charge in [-0.2, -0.15) is 0 Å². The summed E-state index contributed by atoms with van der Waals surface area (Å²) in [5.74, 6) is 2.66. The van der Waals surface area contributed by atoms with Crippen molar-refractivity contribution in [2.75, 3.05) is 19.0 Å². The van der Waals surface area contributed by atoms with Crippen molar-refractivity contribution >= 4 is 23.0 Å². The lowest BCUT2D eigenvalue weighted by Gasteiger charge is -2.20. The minimum absolute atomic E-state index is 0.636. The van der Waals surface area contributed by atoms with Crippen LogP contribution in [0.5, 0.6) is 5.75 Å². The molecule has 2 aromatic rings. The molecule has 0 fully saturated rings. The van der Waals surface area contributed by atoms with Crippen molar-refractivity contribution in [3.8, 4) is 5.75 Å². The number of hydrogen-bond donors (Lipinski definition) is 1. The van der Waals surface area contributed by atoms with Gasteiger partial charge in [-0.05, 0) is 62.5 Å². The molecule has 1 N–H and O–H groups in total. The molecule has 0 radical (unpaired) electrons. The summed E-state index contributed by atoms with van der Waals surface area (Å²) in [6.07, 6.45) is 0. The van der Waals surface area contributed by atoms with Gasteiger partial charge in [0.1, 0.15) is 17.3 Å². The van der Waals surface area contributed by atoms with Crippen LogP contribution in [0.15, 0.2) is 40.8 Å². The molecule has 0 saturated carbocycles. The summed E-state index contributed by atoms with van der Waals surface area (Å²) in [6, 6.07) is 11.6. The number of benzene rings is 1. The second-order valence-corrected chi connectivity index (χ2v) is 5.14. The van der Waals surface area contributed by atoms with E-state index in [2.05, 4.69) is 5.32 Å². The van der Waals surface area contributed by atoms with Crippen LogP contribution in [0.3, 0.4) is 0 Å². The Balaban J connectivity index is 1.90. The molecule has 1 aromatic carbocycles. The predicted octanol–water partition coefficient (Wildman–Crippen LogP) is 3.82. The lowest BCUT2D eigenvalue weighted by molar-refractivity contribution is 0.340. The molecule has 0 spiro atoms. The van der Waals surface area contributed by atoms with Crippen LogP contribution in [0.2, 0.25) is 0 Å². The quantitative estimate of drug-likeness (QED) is 0.850. The van der Waals surface area contributed by atoms with Crippen molar-refractivity contribution < 1.29 is 9.15 Å². The maximum atomic E-state index is 5.55. The predicted molar refractivity (Wildman–Crippen MR) is 88.7 cm³/mol. The number of nitrogens with zero attached hydrogens (tertiary/aromatic N) is 1. The van der Waals surface area contributed by atoms with Gasteiger partial charge < -0.3 is 19.4 Å². The van der Waals surface area contributed by atoms with E-state index in [1.165, 1.54) is 0 Å². The van der Waals surface area contributed by atoms with Crippen LogP contribution in [-0.4, -0.2) is 23.7 Å². The normalized spacial score (nSPS) is 10.2. The maximum absolute atomic E-state index is 5.55. The average Bonchev–Trinajstić information content (AvgIpc) is 2.86. The standard InChI is InChI=1S/C16H20N2O2S/c1-4-19-14-9-6-13(7-10-14)17-16(21)18(3)11-15-8-5-12(2)20-15/h5-10H,4,11H2,1-3H3,(H,17,21). The van der Waals surface area contributed by atoms with E-state index in [1.807, 2.05) is 62.2 Å². The Labute approximate surface area is 130 Å². The van der Waals surface area contributed by atoms with Gasteiger partial charge >= 0.3 is 0 Å². The van der Waals surface area contributed by atoms with Crippen LogP contribution in [0, 0.1) is 6.92 Å². The molecule has 0 saturated heterocycles. The van der Waals surface area contributed by atoms with Crippen LogP contribution < -0.4 is 10.1 Å². The smallest absolute Gasteiger partial charge is 0.173 e. The number of ether oxygens (including phenoxy) is 1. The Kier molecular flexibility index (Phi) is 5.22. The van der Waals surface area contributed by atoms with Gasteiger partial charge in [0.2, 0.25) is 0 Å². The van der Waals surface area contributed by atoms with E-state index in [-0.39, 0.29) is 0 Å². The monoisotopic (exact) mass is 304 g/mol. The van der Waals surface area contributed by atoms with E-state index in [0.717, 1.165) is 23.0 Å². The fraction of sp³-hybridized carbons (Fsp3) is 0.312. The first-order chi connectivity index (χ1) is 10.1. The van der Waals surface area contributed by atoms with Crippen molar-refractivity contribution in [1.29, 1.82) is 0 Å². The number of rotatable bonds is 5. The van der Waals surface area contributed by atoms with Gasteiger partial charge in [0.05, 0.1) is 13.2 Å². The summed E-state index contributed by atoms with van der Waals surface area (Å²) in [5, 5.41) is 3.84. The van der Waals surface area contributed by atoms with Gasteiger partial charge in [0, 0.05) is 12.7 Å². The minimum atomic E-state index is 0.636. The van der Waals surface area contributed by atoms with E-state index in [0.29, 0.717) is 18.3 Å². The van der Waals surface area contributed by atoms with Crippen LogP contribution in [0.1, 0.15) is 18.4 Å². The highest BCUT2D eigenvalue weighted by atomic mass is 32.1. The molecule has 0 atom stereocenters. The number of furan rings is 1. The molecule has 112 valence electrons. The number of thiocarbonyl (C=S) groups is 1. The van der Waals surface area contributed by atoms with Crippen LogP contribution in [0.4, 0.5) is 5.69 Å². The molecule has 1 heterocycles. The molecule has 2 rings (SSSR count). The lowest BCUT2D eigenvalue weighted by atomic mass is 10.3. The van der Waals surface area contributed by atoms with Crippen molar-refractivity contribution in [3.05, 3.63) is 47.9 Å². The van der Waals surface area contributed by atoms with Crippen LogP contribution in [-0.2, 0) is 6.54 Å². The van der Waals surface area contributed by atoms with Gasteiger partial charge in [-0.25, -0.2) is 0 Å². The SMILES string of the molecule is CCOc1ccc(NC(=S)N(C)Cc2ccc(C)o2)cc1. The molecule has 5 heteroatoms. The largest absolute Gasteiger partial charge is 0.494 e. The van der Waals surface area contributed by atoms with Crippen molar-refractivity contribution in [3.63, 3.8) is 0 Å². The molecule has 4 nitrogen and oxygen atoms in total. The van der Waals surface area contributed by atoms with Gasteiger partial charge in [-0.15, -0.1) is 0 Å². The Morgan fingerprint density at radius 2 is 1.95 bits per heavy atom. The number of hydrogen-bond acceptors (Lipinski definition) is 3. The van der Waals surface area contributed by atoms with Gasteiger partial charge in [0.25, 0.3) is 0 Å². The first-order valence-electron chi connectivity index (χ1n) is 6.88. The molecule has 1 aromatic heterocycles. The van der Waals surface area contributed by atoms with E-state index < -0.39 is 0 Å². The van der Waals surface area contributed by atoms with Crippen molar-refractivity contribution in [2.45, 2.75) is 20.4 Å². The summed E-state index contributed by atoms with van der Waals surface area (Å²) in [5.41, 5.74) is 0.936. The van der Waals surface area contributed by atoms with E-state index >= 15 is 0 Å². The van der Waals surface area contributed by atoms with Crippen molar-refractivity contribution in [1.82, 2.24) is 4.90 Å². The summed E-state index contributed by atoms with van der Waals surface area (Å²) in [7, 11) is 1.93. The highest BCUT2D eigenvalue weighted by Gasteiger charge is 2.08. The Bertz CT molecular complexity index is 593. The second kappa shape index (κ2) is 7.13. The van der Waals surface area contributed by atoms with Gasteiger partial charge in [-0.1, -0.05) is 0 Å². The first kappa shape index (κ1) is 15.4. The zero-order chi connectivity index (χ0) is 15.2. The number of nitrogens with one attached hydrogen (secondary N) is 1. The third-order valence-corrected chi connectivity index (χ3v) is 3.37. The Morgan fingerprint density at radius 3 is 2.52 bits per heavy atom. The highest BCUT2D eigenvalue weighted by Crippen LogP contribution is 2.16. The van der Waals surface area contributed by atoms with Gasteiger partial charge in [-0.3, -0.25) is 0 Å². The summed E-state index contributed by atoms with van der Waals surface area (Å²) in [6.45, 7) is 5.19. The second-order valence-electron chi connectivity index (χ2n) is 4.76.